The van der Waals surface area contributed by atoms with Crippen molar-refractivity contribution in [1.82, 2.24) is 10.6 Å². The van der Waals surface area contributed by atoms with Gasteiger partial charge in [-0.2, -0.15) is 0 Å². The van der Waals surface area contributed by atoms with Crippen LogP contribution in [0.25, 0.3) is 0 Å². The summed E-state index contributed by atoms with van der Waals surface area (Å²) in [5, 5.41) is 5.60. The number of hydrogen-bond acceptors (Lipinski definition) is 4. The van der Waals surface area contributed by atoms with Crippen LogP contribution in [0.2, 0.25) is 0 Å². The van der Waals surface area contributed by atoms with E-state index in [2.05, 4.69) is 24.5 Å². The summed E-state index contributed by atoms with van der Waals surface area (Å²) in [4.78, 5) is 11.7. The number of amides is 2. The van der Waals surface area contributed by atoms with Crippen LogP contribution in [0.3, 0.4) is 0 Å². The highest BCUT2D eigenvalue weighted by atomic mass is 16.6. The molecule has 6 heteroatoms. The predicted octanol–water partition coefficient (Wildman–Crippen LogP) is 2.19. The Morgan fingerprint density at radius 3 is 2.87 bits per heavy atom. The number of para-hydroxylation sites is 2. The first-order chi connectivity index (χ1) is 11.1. The first-order valence-electron chi connectivity index (χ1n) is 8.13. The Labute approximate surface area is 137 Å². The second-order valence-corrected chi connectivity index (χ2v) is 5.96. The molecule has 1 aliphatic heterocycles. The van der Waals surface area contributed by atoms with E-state index < -0.39 is 0 Å². The van der Waals surface area contributed by atoms with Gasteiger partial charge in [-0.05, 0) is 24.5 Å². The molecular formula is C17H26N2O4. The van der Waals surface area contributed by atoms with Crippen molar-refractivity contribution in [3.8, 4) is 11.5 Å². The van der Waals surface area contributed by atoms with E-state index >= 15 is 0 Å². The largest absolute Gasteiger partial charge is 0.486 e. The van der Waals surface area contributed by atoms with E-state index in [4.69, 9.17) is 14.2 Å². The second-order valence-electron chi connectivity index (χ2n) is 5.96. The van der Waals surface area contributed by atoms with Gasteiger partial charge in [0.15, 0.2) is 17.6 Å². The number of nitrogens with one attached hydrogen (secondary N) is 2. The standard InChI is InChI=1S/C17H26N2O4/c1-13(2)11-21-9-5-8-18-17(20)19-10-14-12-22-15-6-3-4-7-16(15)23-14/h3-4,6-7,13-14H,5,8-12H2,1-2H3,(H2,18,19,20). The lowest BCUT2D eigenvalue weighted by atomic mass is 10.2. The third-order valence-corrected chi connectivity index (χ3v) is 3.26. The van der Waals surface area contributed by atoms with Gasteiger partial charge in [0.25, 0.3) is 0 Å². The Bertz CT molecular complexity index is 493. The summed E-state index contributed by atoms with van der Waals surface area (Å²) in [5.41, 5.74) is 0. The lowest BCUT2D eigenvalue weighted by Gasteiger charge is -2.26. The molecule has 6 nitrogen and oxygen atoms in total. The molecule has 1 atom stereocenters. The molecule has 0 spiro atoms. The highest BCUT2D eigenvalue weighted by Gasteiger charge is 2.20. The summed E-state index contributed by atoms with van der Waals surface area (Å²) < 4.78 is 16.8. The van der Waals surface area contributed by atoms with Gasteiger partial charge in [-0.15, -0.1) is 0 Å². The average molecular weight is 322 g/mol. The maximum Gasteiger partial charge on any atom is 0.314 e. The Hall–Kier alpha value is -1.95. The molecule has 128 valence electrons. The fourth-order valence-corrected chi connectivity index (χ4v) is 2.13. The molecule has 0 saturated carbocycles. The van der Waals surface area contributed by atoms with Gasteiger partial charge in [0.2, 0.25) is 0 Å². The fraction of sp³-hybridized carbons (Fsp3) is 0.588. The topological polar surface area (TPSA) is 68.8 Å². The van der Waals surface area contributed by atoms with Crippen molar-refractivity contribution < 1.29 is 19.0 Å². The maximum absolute atomic E-state index is 11.7. The van der Waals surface area contributed by atoms with E-state index in [-0.39, 0.29) is 12.1 Å². The van der Waals surface area contributed by atoms with Crippen LogP contribution in [0.1, 0.15) is 20.3 Å². The van der Waals surface area contributed by atoms with E-state index in [1.54, 1.807) is 0 Å². The molecule has 0 radical (unpaired) electrons. The zero-order valence-corrected chi connectivity index (χ0v) is 13.8. The highest BCUT2D eigenvalue weighted by molar-refractivity contribution is 5.73. The Kier molecular flexibility index (Phi) is 7.00. The van der Waals surface area contributed by atoms with Crippen LogP contribution < -0.4 is 20.1 Å². The van der Waals surface area contributed by atoms with Crippen molar-refractivity contribution in [2.75, 3.05) is 32.9 Å². The molecule has 2 rings (SSSR count). The molecule has 1 heterocycles. The third kappa shape index (κ3) is 6.36. The van der Waals surface area contributed by atoms with E-state index in [1.165, 1.54) is 0 Å². The summed E-state index contributed by atoms with van der Waals surface area (Å²) in [6, 6.07) is 7.33. The van der Waals surface area contributed by atoms with Crippen molar-refractivity contribution in [1.29, 1.82) is 0 Å². The first-order valence-corrected chi connectivity index (χ1v) is 8.13. The number of rotatable bonds is 8. The molecule has 1 aliphatic rings. The highest BCUT2D eigenvalue weighted by Crippen LogP contribution is 2.30. The number of hydrogen-bond donors (Lipinski definition) is 2. The van der Waals surface area contributed by atoms with Gasteiger partial charge in [0.05, 0.1) is 6.54 Å². The van der Waals surface area contributed by atoms with Crippen molar-refractivity contribution in [3.63, 3.8) is 0 Å². The summed E-state index contributed by atoms with van der Waals surface area (Å²) in [6.07, 6.45) is 0.626. The second kappa shape index (κ2) is 9.25. The summed E-state index contributed by atoms with van der Waals surface area (Å²) in [6.45, 7) is 7.07. The minimum atomic E-state index is -0.198. The molecule has 23 heavy (non-hydrogen) atoms. The number of carbonyl (C=O) groups is 1. The lowest BCUT2D eigenvalue weighted by Crippen LogP contribution is -2.44. The number of ether oxygens (including phenoxy) is 3. The molecule has 0 aromatic heterocycles. The van der Waals surface area contributed by atoms with Crippen molar-refractivity contribution in [3.05, 3.63) is 24.3 Å². The zero-order valence-electron chi connectivity index (χ0n) is 13.8. The molecule has 1 unspecified atom stereocenters. The van der Waals surface area contributed by atoms with Crippen LogP contribution in [0, 0.1) is 5.92 Å². The van der Waals surface area contributed by atoms with Crippen LogP contribution in [-0.2, 0) is 4.74 Å². The van der Waals surface area contributed by atoms with E-state index in [0.29, 0.717) is 38.0 Å². The monoisotopic (exact) mass is 322 g/mol. The van der Waals surface area contributed by atoms with Crippen LogP contribution >= 0.6 is 0 Å². The van der Waals surface area contributed by atoms with E-state index in [1.807, 2.05) is 24.3 Å². The van der Waals surface area contributed by atoms with Gasteiger partial charge < -0.3 is 24.8 Å². The zero-order chi connectivity index (χ0) is 16.5. The molecule has 0 saturated heterocycles. The number of benzene rings is 1. The normalized spacial score (nSPS) is 16.2. The molecule has 1 aromatic rings. The van der Waals surface area contributed by atoms with Gasteiger partial charge in [-0.1, -0.05) is 26.0 Å². The SMILES string of the molecule is CC(C)COCCCNC(=O)NCC1COc2ccccc2O1. The summed E-state index contributed by atoms with van der Waals surface area (Å²) >= 11 is 0. The molecule has 0 aliphatic carbocycles. The quantitative estimate of drug-likeness (QED) is 0.720. The molecule has 1 aromatic carbocycles. The maximum atomic E-state index is 11.7. The molecule has 0 fully saturated rings. The van der Waals surface area contributed by atoms with E-state index in [9.17, 15) is 4.79 Å². The minimum absolute atomic E-state index is 0.176. The fourth-order valence-electron chi connectivity index (χ4n) is 2.13. The molecular weight excluding hydrogens is 296 g/mol. The minimum Gasteiger partial charge on any atom is -0.486 e. The smallest absolute Gasteiger partial charge is 0.314 e. The van der Waals surface area contributed by atoms with Gasteiger partial charge in [0.1, 0.15) is 6.61 Å². The van der Waals surface area contributed by atoms with Gasteiger partial charge in [0, 0.05) is 19.8 Å². The van der Waals surface area contributed by atoms with Gasteiger partial charge in [-0.3, -0.25) is 0 Å². The lowest BCUT2D eigenvalue weighted by molar-refractivity contribution is 0.0916. The predicted molar refractivity (Wildman–Crippen MR) is 88.0 cm³/mol. The van der Waals surface area contributed by atoms with Gasteiger partial charge >= 0.3 is 6.03 Å². The number of carbonyl (C=O) groups excluding carboxylic acids is 1. The van der Waals surface area contributed by atoms with Crippen LogP contribution in [0.5, 0.6) is 11.5 Å². The van der Waals surface area contributed by atoms with Gasteiger partial charge in [-0.25, -0.2) is 4.79 Å². The number of fused-ring (bicyclic) bond motifs is 1. The Balaban J connectivity index is 1.55. The molecule has 0 bridgehead atoms. The van der Waals surface area contributed by atoms with Crippen LogP contribution in [-0.4, -0.2) is 45.0 Å². The van der Waals surface area contributed by atoms with E-state index in [0.717, 1.165) is 18.8 Å². The Morgan fingerprint density at radius 2 is 2.09 bits per heavy atom. The summed E-state index contributed by atoms with van der Waals surface area (Å²) in [5.74, 6) is 2.00. The van der Waals surface area contributed by atoms with Crippen molar-refractivity contribution >= 4 is 6.03 Å². The third-order valence-electron chi connectivity index (χ3n) is 3.26. The van der Waals surface area contributed by atoms with Crippen LogP contribution in [0.4, 0.5) is 4.79 Å². The summed E-state index contributed by atoms with van der Waals surface area (Å²) in [7, 11) is 0. The molecule has 2 N–H and O–H groups in total. The Morgan fingerprint density at radius 1 is 1.30 bits per heavy atom. The average Bonchev–Trinajstić information content (AvgIpc) is 2.55. The first kappa shape index (κ1) is 17.4. The van der Waals surface area contributed by atoms with Crippen molar-refractivity contribution in [2.24, 2.45) is 5.92 Å². The van der Waals surface area contributed by atoms with Crippen LogP contribution in [0.15, 0.2) is 24.3 Å². The van der Waals surface area contributed by atoms with Crippen molar-refractivity contribution in [2.45, 2.75) is 26.4 Å². The number of urea groups is 1. The molecule has 2 amide bonds.